The van der Waals surface area contributed by atoms with E-state index in [4.69, 9.17) is 19.3 Å². The lowest BCUT2D eigenvalue weighted by atomic mass is 9.79. The third-order valence-electron chi connectivity index (χ3n) is 8.64. The SMILES string of the molecule is Cc1ccc2c(c1)OC1(CCN(C(=O)OC(C)(C)C)CC1)c1c-2nn([C@@H]2CCN(C(=O)OC(C)(C)C)C(C)(C)C2)c1C. The van der Waals surface area contributed by atoms with E-state index >= 15 is 0 Å². The summed E-state index contributed by atoms with van der Waals surface area (Å²) >= 11 is 0. The first-order valence-corrected chi connectivity index (χ1v) is 15.3. The molecule has 9 heteroatoms. The molecule has 0 saturated carbocycles. The molecule has 2 fully saturated rings. The van der Waals surface area contributed by atoms with Crippen LogP contribution in [0.5, 0.6) is 5.75 Å². The van der Waals surface area contributed by atoms with E-state index in [9.17, 15) is 9.59 Å². The van der Waals surface area contributed by atoms with Crippen LogP contribution >= 0.6 is 0 Å². The molecule has 2 aromatic rings. The maximum Gasteiger partial charge on any atom is 0.410 e. The number of hydrogen-bond acceptors (Lipinski definition) is 6. The van der Waals surface area contributed by atoms with E-state index in [1.807, 2.05) is 46.4 Å². The van der Waals surface area contributed by atoms with Crippen LogP contribution < -0.4 is 4.74 Å². The molecule has 5 rings (SSSR count). The van der Waals surface area contributed by atoms with Crippen LogP contribution in [-0.2, 0) is 15.1 Å². The van der Waals surface area contributed by atoms with Gasteiger partial charge in [0.2, 0.25) is 0 Å². The minimum atomic E-state index is -0.580. The number of hydrogen-bond donors (Lipinski definition) is 0. The molecular formula is C33H48N4O5. The predicted molar refractivity (Wildman–Crippen MR) is 162 cm³/mol. The molecule has 0 N–H and O–H groups in total. The van der Waals surface area contributed by atoms with Gasteiger partial charge in [-0.25, -0.2) is 9.59 Å². The van der Waals surface area contributed by atoms with Crippen LogP contribution in [0.1, 0.15) is 104 Å². The van der Waals surface area contributed by atoms with E-state index < -0.39 is 22.3 Å². The summed E-state index contributed by atoms with van der Waals surface area (Å²) in [5.74, 6) is 0.845. The Labute approximate surface area is 250 Å². The lowest BCUT2D eigenvalue weighted by molar-refractivity contribution is -0.0220. The highest BCUT2D eigenvalue weighted by Crippen LogP contribution is 2.51. The summed E-state index contributed by atoms with van der Waals surface area (Å²) in [7, 11) is 0. The predicted octanol–water partition coefficient (Wildman–Crippen LogP) is 7.14. The van der Waals surface area contributed by atoms with Gasteiger partial charge in [0.15, 0.2) is 0 Å². The Bertz CT molecular complexity index is 1370. The van der Waals surface area contributed by atoms with Crippen LogP contribution in [0.3, 0.4) is 0 Å². The molecule has 0 aliphatic carbocycles. The average molecular weight is 581 g/mol. The molecule has 42 heavy (non-hydrogen) atoms. The van der Waals surface area contributed by atoms with E-state index in [0.717, 1.165) is 46.7 Å². The van der Waals surface area contributed by atoms with Gasteiger partial charge in [-0.3, -0.25) is 4.68 Å². The minimum absolute atomic E-state index is 0.122. The Kier molecular flexibility index (Phi) is 7.34. The summed E-state index contributed by atoms with van der Waals surface area (Å²) < 4.78 is 20.5. The lowest BCUT2D eigenvalue weighted by Gasteiger charge is -2.46. The zero-order valence-electron chi connectivity index (χ0n) is 27.1. The van der Waals surface area contributed by atoms with Crippen molar-refractivity contribution in [1.29, 1.82) is 0 Å². The maximum atomic E-state index is 13.0. The lowest BCUT2D eigenvalue weighted by Crippen LogP contribution is -2.54. The van der Waals surface area contributed by atoms with Crippen LogP contribution in [-0.4, -0.2) is 68.1 Å². The van der Waals surface area contributed by atoms with Gasteiger partial charge < -0.3 is 24.0 Å². The van der Waals surface area contributed by atoms with Crippen molar-refractivity contribution in [3.05, 3.63) is 35.0 Å². The Hall–Kier alpha value is -3.23. The van der Waals surface area contributed by atoms with Crippen molar-refractivity contribution < 1.29 is 23.8 Å². The normalized spacial score (nSPS) is 21.3. The van der Waals surface area contributed by atoms with Crippen molar-refractivity contribution in [2.75, 3.05) is 19.6 Å². The van der Waals surface area contributed by atoms with Crippen molar-refractivity contribution in [2.24, 2.45) is 0 Å². The molecule has 1 atom stereocenters. The van der Waals surface area contributed by atoms with Gasteiger partial charge in [-0.1, -0.05) is 6.07 Å². The Balaban J connectivity index is 1.46. The third-order valence-corrected chi connectivity index (χ3v) is 8.64. The first kappa shape index (κ1) is 30.2. The molecular weight excluding hydrogens is 532 g/mol. The number of amides is 2. The number of aryl methyl sites for hydroxylation is 1. The number of nitrogens with zero attached hydrogens (tertiary/aromatic N) is 4. The maximum absolute atomic E-state index is 13.0. The van der Waals surface area contributed by atoms with E-state index in [0.29, 0.717) is 32.5 Å². The van der Waals surface area contributed by atoms with Gasteiger partial charge in [0.25, 0.3) is 0 Å². The van der Waals surface area contributed by atoms with Crippen LogP contribution in [0, 0.1) is 13.8 Å². The van der Waals surface area contributed by atoms with Gasteiger partial charge in [-0.15, -0.1) is 0 Å². The largest absolute Gasteiger partial charge is 0.482 e. The topological polar surface area (TPSA) is 86.1 Å². The summed E-state index contributed by atoms with van der Waals surface area (Å²) in [5, 5.41) is 5.29. The van der Waals surface area contributed by atoms with Gasteiger partial charge in [0, 0.05) is 54.8 Å². The summed E-state index contributed by atoms with van der Waals surface area (Å²) in [4.78, 5) is 29.6. The first-order valence-electron chi connectivity index (χ1n) is 15.3. The molecule has 230 valence electrons. The fraction of sp³-hybridized carbons (Fsp3) is 0.667. The highest BCUT2D eigenvalue weighted by atomic mass is 16.6. The number of aromatic nitrogens is 2. The summed E-state index contributed by atoms with van der Waals surface area (Å²) in [6, 6.07) is 6.43. The van der Waals surface area contributed by atoms with E-state index in [-0.39, 0.29) is 18.2 Å². The molecule has 9 nitrogen and oxygen atoms in total. The van der Waals surface area contributed by atoms with Gasteiger partial charge in [0.05, 0.1) is 6.04 Å². The number of piperidine rings is 2. The highest BCUT2D eigenvalue weighted by Gasteiger charge is 2.49. The third kappa shape index (κ3) is 5.71. The highest BCUT2D eigenvalue weighted by molar-refractivity contribution is 5.75. The van der Waals surface area contributed by atoms with Crippen LogP contribution in [0.25, 0.3) is 11.3 Å². The number of rotatable bonds is 1. The Morgan fingerprint density at radius 1 is 0.952 bits per heavy atom. The minimum Gasteiger partial charge on any atom is -0.482 e. The second-order valence-corrected chi connectivity index (χ2v) is 14.9. The molecule has 2 amide bonds. The zero-order valence-corrected chi connectivity index (χ0v) is 27.1. The summed E-state index contributed by atoms with van der Waals surface area (Å²) in [6.45, 7) is 21.5. The second-order valence-electron chi connectivity index (χ2n) is 14.9. The molecule has 2 saturated heterocycles. The summed E-state index contributed by atoms with van der Waals surface area (Å²) in [5.41, 5.74) is 3.25. The molecule has 4 heterocycles. The van der Waals surface area contributed by atoms with Gasteiger partial charge >= 0.3 is 12.2 Å². The number of carbonyl (C=O) groups excluding carboxylic acids is 2. The number of fused-ring (bicyclic) bond motifs is 4. The van der Waals surface area contributed by atoms with Crippen molar-refractivity contribution in [2.45, 2.75) is 123 Å². The van der Waals surface area contributed by atoms with E-state index in [1.54, 1.807) is 4.90 Å². The molecule has 3 aliphatic heterocycles. The van der Waals surface area contributed by atoms with Crippen molar-refractivity contribution in [3.63, 3.8) is 0 Å². The van der Waals surface area contributed by atoms with Gasteiger partial charge in [0.1, 0.15) is 28.2 Å². The second kappa shape index (κ2) is 10.2. The Morgan fingerprint density at radius 2 is 1.57 bits per heavy atom. The first-order chi connectivity index (χ1) is 19.4. The molecule has 1 aromatic carbocycles. The molecule has 0 radical (unpaired) electrons. The van der Waals surface area contributed by atoms with Crippen molar-refractivity contribution in [1.82, 2.24) is 19.6 Å². The molecule has 0 unspecified atom stereocenters. The Morgan fingerprint density at radius 3 is 2.17 bits per heavy atom. The molecule has 0 bridgehead atoms. The van der Waals surface area contributed by atoms with E-state index in [2.05, 4.69) is 50.6 Å². The number of benzene rings is 1. The average Bonchev–Trinajstić information content (AvgIpc) is 3.19. The fourth-order valence-corrected chi connectivity index (χ4v) is 6.74. The quantitative estimate of drug-likeness (QED) is 0.357. The smallest absolute Gasteiger partial charge is 0.410 e. The van der Waals surface area contributed by atoms with Gasteiger partial charge in [-0.05, 0) is 99.8 Å². The fourth-order valence-electron chi connectivity index (χ4n) is 6.74. The standard InChI is InChI=1S/C33H48N4O5/c1-21-11-12-24-25(19-21)40-33(14-17-35(18-15-33)28(38)41-30(3,4)5)26-22(2)37(34-27(24)26)23-13-16-36(32(9,10)20-23)29(39)42-31(6,7)8/h11-12,19,23H,13-18,20H2,1-10H3/t23-/m1/s1. The molecule has 1 aromatic heterocycles. The van der Waals surface area contributed by atoms with Crippen LogP contribution in [0.2, 0.25) is 0 Å². The summed E-state index contributed by atoms with van der Waals surface area (Å²) in [6.07, 6.45) is 2.30. The number of ether oxygens (including phenoxy) is 3. The van der Waals surface area contributed by atoms with Crippen molar-refractivity contribution >= 4 is 12.2 Å². The van der Waals surface area contributed by atoms with Crippen LogP contribution in [0.15, 0.2) is 18.2 Å². The zero-order chi connectivity index (χ0) is 30.8. The molecule has 3 aliphatic rings. The van der Waals surface area contributed by atoms with E-state index in [1.165, 1.54) is 0 Å². The van der Waals surface area contributed by atoms with Crippen molar-refractivity contribution in [3.8, 4) is 17.0 Å². The van der Waals surface area contributed by atoms with Crippen LogP contribution in [0.4, 0.5) is 9.59 Å². The molecule has 1 spiro atoms. The number of carbonyl (C=O) groups is 2. The number of likely N-dealkylation sites (tertiary alicyclic amines) is 2. The monoisotopic (exact) mass is 580 g/mol. The van der Waals surface area contributed by atoms with Gasteiger partial charge in [-0.2, -0.15) is 5.10 Å².